The molecule has 166 valence electrons. The Kier molecular flexibility index (Phi) is 23.6. The molecule has 0 aliphatic carbocycles. The lowest BCUT2D eigenvalue weighted by atomic mass is 10.0. The molecule has 0 heterocycles. The van der Waals surface area contributed by atoms with Crippen molar-refractivity contribution in [1.29, 1.82) is 0 Å². The Morgan fingerprint density at radius 3 is 1.18 bits per heavy atom. The Hall–Kier alpha value is -0.790. The van der Waals surface area contributed by atoms with E-state index in [9.17, 15) is 4.79 Å². The summed E-state index contributed by atoms with van der Waals surface area (Å²) in [6.07, 6.45) is 33.2. The number of hydrogen-bond donors (Lipinski definition) is 1. The lowest BCUT2D eigenvalue weighted by Gasteiger charge is -2.04. The largest absolute Gasteiger partial charge is 0.481 e. The van der Waals surface area contributed by atoms with Crippen LogP contribution in [0, 0.1) is 0 Å². The minimum absolute atomic E-state index is 0.166. The minimum atomic E-state index is -0.736. The maximum atomic E-state index is 10.4. The summed E-state index contributed by atoms with van der Waals surface area (Å²) in [6.45, 7) is 2.29. The van der Waals surface area contributed by atoms with Gasteiger partial charge >= 0.3 is 5.97 Å². The smallest absolute Gasteiger partial charge is 0.307 e. The van der Waals surface area contributed by atoms with Crippen LogP contribution in [0.15, 0.2) is 12.2 Å². The van der Waals surface area contributed by atoms with Crippen LogP contribution in [-0.2, 0) is 4.79 Å². The van der Waals surface area contributed by atoms with E-state index in [1.807, 2.05) is 6.08 Å². The fourth-order valence-electron chi connectivity index (χ4n) is 3.82. The molecule has 0 rings (SSSR count). The second-order valence-electron chi connectivity index (χ2n) is 8.58. The molecule has 0 aliphatic heterocycles. The van der Waals surface area contributed by atoms with Gasteiger partial charge in [-0.3, -0.25) is 4.79 Å². The third kappa shape index (κ3) is 25.2. The van der Waals surface area contributed by atoms with E-state index in [0.717, 1.165) is 6.42 Å². The van der Waals surface area contributed by atoms with Crippen molar-refractivity contribution in [2.75, 3.05) is 0 Å². The number of carboxylic acids is 1. The second kappa shape index (κ2) is 24.2. The van der Waals surface area contributed by atoms with Crippen LogP contribution in [0.1, 0.15) is 148 Å². The lowest BCUT2D eigenvalue weighted by Crippen LogP contribution is -1.89. The first-order valence-corrected chi connectivity index (χ1v) is 12.6. The van der Waals surface area contributed by atoms with Crippen molar-refractivity contribution in [3.63, 3.8) is 0 Å². The molecule has 1 N–H and O–H groups in total. The monoisotopic (exact) mass is 394 g/mol. The zero-order valence-electron chi connectivity index (χ0n) is 19.1. The lowest BCUT2D eigenvalue weighted by molar-refractivity contribution is -0.136. The first kappa shape index (κ1) is 27.2. The van der Waals surface area contributed by atoms with E-state index in [2.05, 4.69) is 6.92 Å². The van der Waals surface area contributed by atoms with Crippen molar-refractivity contribution in [3.05, 3.63) is 12.2 Å². The standard InChI is InChI=1S/C26H50O2/c1-2-3-4-5-6-7-8-9-10-11-12-13-14-15-16-17-18-19-20-21-22-23-24-25-26(27)28/h23-24H,2-22,25H2,1H3,(H,27,28). The summed E-state index contributed by atoms with van der Waals surface area (Å²) >= 11 is 0. The molecular formula is C26H50O2. The van der Waals surface area contributed by atoms with E-state index in [1.54, 1.807) is 6.08 Å². The molecular weight excluding hydrogens is 344 g/mol. The van der Waals surface area contributed by atoms with Gasteiger partial charge in [0.25, 0.3) is 0 Å². The summed E-state index contributed by atoms with van der Waals surface area (Å²) in [5, 5.41) is 8.53. The summed E-state index contributed by atoms with van der Waals surface area (Å²) in [6, 6.07) is 0. The number of unbranched alkanes of at least 4 members (excludes halogenated alkanes) is 20. The van der Waals surface area contributed by atoms with Crippen LogP contribution >= 0.6 is 0 Å². The SMILES string of the molecule is CCCCCCCCCCCCCCCCCCCCCCC=CCC(=O)O. The van der Waals surface area contributed by atoms with E-state index in [4.69, 9.17) is 5.11 Å². The molecule has 0 fully saturated rings. The van der Waals surface area contributed by atoms with Gasteiger partial charge in [-0.05, 0) is 12.8 Å². The first-order chi connectivity index (χ1) is 13.8. The third-order valence-electron chi connectivity index (χ3n) is 5.68. The van der Waals surface area contributed by atoms with Gasteiger partial charge in [0.1, 0.15) is 0 Å². The third-order valence-corrected chi connectivity index (χ3v) is 5.68. The average Bonchev–Trinajstić information content (AvgIpc) is 2.68. The van der Waals surface area contributed by atoms with Crippen LogP contribution in [0.25, 0.3) is 0 Å². The van der Waals surface area contributed by atoms with E-state index in [-0.39, 0.29) is 6.42 Å². The van der Waals surface area contributed by atoms with Gasteiger partial charge in [-0.25, -0.2) is 0 Å². The predicted octanol–water partition coefficient (Wildman–Crippen LogP) is 9.23. The first-order valence-electron chi connectivity index (χ1n) is 12.6. The maximum Gasteiger partial charge on any atom is 0.307 e. The second-order valence-corrected chi connectivity index (χ2v) is 8.58. The maximum absolute atomic E-state index is 10.4. The van der Waals surface area contributed by atoms with Crippen LogP contribution in [0.2, 0.25) is 0 Å². The zero-order valence-corrected chi connectivity index (χ0v) is 19.1. The van der Waals surface area contributed by atoms with Gasteiger partial charge < -0.3 is 5.11 Å². The molecule has 0 saturated heterocycles. The Labute approximate surface area is 176 Å². The number of rotatable bonds is 23. The number of carbonyl (C=O) groups is 1. The van der Waals surface area contributed by atoms with Crippen molar-refractivity contribution in [3.8, 4) is 0 Å². The Morgan fingerprint density at radius 2 is 0.857 bits per heavy atom. The average molecular weight is 395 g/mol. The normalized spacial score (nSPS) is 11.5. The summed E-state index contributed by atoms with van der Waals surface area (Å²) in [4.78, 5) is 10.4. The van der Waals surface area contributed by atoms with Crippen LogP contribution in [-0.4, -0.2) is 11.1 Å². The fraction of sp³-hybridized carbons (Fsp3) is 0.885. The Balaban J connectivity index is 3.03. The van der Waals surface area contributed by atoms with E-state index >= 15 is 0 Å². The van der Waals surface area contributed by atoms with Gasteiger partial charge in [0.2, 0.25) is 0 Å². The predicted molar refractivity (Wildman–Crippen MR) is 124 cm³/mol. The molecule has 0 bridgehead atoms. The summed E-state index contributed by atoms with van der Waals surface area (Å²) in [7, 11) is 0. The summed E-state index contributed by atoms with van der Waals surface area (Å²) in [5.41, 5.74) is 0. The van der Waals surface area contributed by atoms with Crippen molar-refractivity contribution in [1.82, 2.24) is 0 Å². The molecule has 0 spiro atoms. The Morgan fingerprint density at radius 1 is 0.536 bits per heavy atom. The minimum Gasteiger partial charge on any atom is -0.481 e. The van der Waals surface area contributed by atoms with Crippen LogP contribution in [0.4, 0.5) is 0 Å². The van der Waals surface area contributed by atoms with Crippen molar-refractivity contribution in [2.24, 2.45) is 0 Å². The highest BCUT2D eigenvalue weighted by atomic mass is 16.4. The highest BCUT2D eigenvalue weighted by molar-refractivity contribution is 5.68. The number of allylic oxidation sites excluding steroid dienone is 1. The summed E-state index contributed by atoms with van der Waals surface area (Å²) in [5.74, 6) is -0.736. The molecule has 0 aromatic rings. The quantitative estimate of drug-likeness (QED) is 0.138. The van der Waals surface area contributed by atoms with Crippen LogP contribution < -0.4 is 0 Å². The van der Waals surface area contributed by atoms with E-state index < -0.39 is 5.97 Å². The number of hydrogen-bond acceptors (Lipinski definition) is 1. The Bertz CT molecular complexity index is 335. The highest BCUT2D eigenvalue weighted by Gasteiger charge is 1.95. The molecule has 0 aromatic carbocycles. The molecule has 0 aromatic heterocycles. The van der Waals surface area contributed by atoms with Crippen molar-refractivity contribution >= 4 is 5.97 Å². The molecule has 0 atom stereocenters. The van der Waals surface area contributed by atoms with E-state index in [1.165, 1.54) is 128 Å². The number of aliphatic carboxylic acids is 1. The van der Waals surface area contributed by atoms with Gasteiger partial charge in [-0.1, -0.05) is 141 Å². The fourth-order valence-corrected chi connectivity index (χ4v) is 3.82. The molecule has 0 aliphatic rings. The molecule has 2 nitrogen and oxygen atoms in total. The molecule has 0 radical (unpaired) electrons. The topological polar surface area (TPSA) is 37.3 Å². The zero-order chi connectivity index (χ0) is 20.5. The molecule has 28 heavy (non-hydrogen) atoms. The van der Waals surface area contributed by atoms with Crippen LogP contribution in [0.3, 0.4) is 0 Å². The van der Waals surface area contributed by atoms with Crippen LogP contribution in [0.5, 0.6) is 0 Å². The van der Waals surface area contributed by atoms with Gasteiger partial charge in [0.15, 0.2) is 0 Å². The molecule has 0 unspecified atom stereocenters. The van der Waals surface area contributed by atoms with Crippen molar-refractivity contribution in [2.45, 2.75) is 148 Å². The molecule has 0 amide bonds. The number of carboxylic acid groups (broad SMARTS) is 1. The van der Waals surface area contributed by atoms with E-state index in [0.29, 0.717) is 0 Å². The van der Waals surface area contributed by atoms with Gasteiger partial charge in [0.05, 0.1) is 6.42 Å². The highest BCUT2D eigenvalue weighted by Crippen LogP contribution is 2.15. The van der Waals surface area contributed by atoms with Crippen molar-refractivity contribution < 1.29 is 9.90 Å². The molecule has 2 heteroatoms. The van der Waals surface area contributed by atoms with Gasteiger partial charge in [0, 0.05) is 0 Å². The molecule has 0 saturated carbocycles. The summed E-state index contributed by atoms with van der Waals surface area (Å²) < 4.78 is 0. The van der Waals surface area contributed by atoms with Gasteiger partial charge in [-0.15, -0.1) is 0 Å². The van der Waals surface area contributed by atoms with Gasteiger partial charge in [-0.2, -0.15) is 0 Å².